The highest BCUT2D eigenvalue weighted by Crippen LogP contribution is 2.21. The summed E-state index contributed by atoms with van der Waals surface area (Å²) in [6.07, 6.45) is 2.45. The maximum absolute atomic E-state index is 12.1. The van der Waals surface area contributed by atoms with E-state index in [1.54, 1.807) is 0 Å². The molecule has 1 atom stereocenters. The number of ether oxygens (including phenoxy) is 1. The number of rotatable bonds is 3. The first-order valence-electron chi connectivity index (χ1n) is 5.68. The van der Waals surface area contributed by atoms with Gasteiger partial charge in [-0.3, -0.25) is 0 Å². The molecule has 15 heavy (non-hydrogen) atoms. The van der Waals surface area contributed by atoms with Gasteiger partial charge in [-0.15, -0.1) is 0 Å². The highest BCUT2D eigenvalue weighted by molar-refractivity contribution is 7.92. The van der Waals surface area contributed by atoms with Gasteiger partial charge in [0.2, 0.25) is 0 Å². The fourth-order valence-corrected chi connectivity index (χ4v) is 4.48. The molecule has 0 spiro atoms. The molecule has 4 nitrogen and oxygen atoms in total. The molecule has 0 aromatic carbocycles. The molecule has 2 heterocycles. The van der Waals surface area contributed by atoms with E-state index in [1.807, 2.05) is 0 Å². The molecule has 0 radical (unpaired) electrons. The zero-order valence-electron chi connectivity index (χ0n) is 8.94. The van der Waals surface area contributed by atoms with E-state index in [0.29, 0.717) is 12.4 Å². The summed E-state index contributed by atoms with van der Waals surface area (Å²) in [5.74, 6) is 0.572. The van der Waals surface area contributed by atoms with Crippen LogP contribution in [0.3, 0.4) is 0 Å². The normalized spacial score (nSPS) is 29.5. The van der Waals surface area contributed by atoms with Crippen LogP contribution in [0.25, 0.3) is 0 Å². The van der Waals surface area contributed by atoms with Crippen LogP contribution in [0.1, 0.15) is 19.3 Å². The zero-order valence-corrected chi connectivity index (χ0v) is 9.76. The maximum Gasteiger partial charge on any atom is 0.153 e. The SMILES string of the molecule is O=S(=O)(CC1CCOC1)C1CCNCC1. The van der Waals surface area contributed by atoms with Crippen LogP contribution in [-0.4, -0.2) is 45.7 Å². The van der Waals surface area contributed by atoms with Crippen molar-refractivity contribution in [3.8, 4) is 0 Å². The lowest BCUT2D eigenvalue weighted by Gasteiger charge is -2.23. The molecule has 0 aromatic heterocycles. The molecule has 2 saturated heterocycles. The van der Waals surface area contributed by atoms with Gasteiger partial charge in [-0.2, -0.15) is 0 Å². The Morgan fingerprint density at radius 3 is 2.53 bits per heavy atom. The minimum atomic E-state index is -2.89. The molecule has 5 heteroatoms. The summed E-state index contributed by atoms with van der Waals surface area (Å²) in [5.41, 5.74) is 0. The van der Waals surface area contributed by atoms with Crippen molar-refractivity contribution in [3.63, 3.8) is 0 Å². The molecule has 2 aliphatic rings. The number of sulfone groups is 1. The second-order valence-electron chi connectivity index (χ2n) is 4.51. The predicted octanol–water partition coefficient (Wildman–Crippen LogP) is 0.190. The van der Waals surface area contributed by atoms with Crippen LogP contribution >= 0.6 is 0 Å². The molecule has 2 rings (SSSR count). The Hall–Kier alpha value is -0.130. The van der Waals surface area contributed by atoms with Gasteiger partial charge in [0.05, 0.1) is 17.6 Å². The van der Waals surface area contributed by atoms with Crippen molar-refractivity contribution in [1.82, 2.24) is 5.32 Å². The Labute approximate surface area is 91.3 Å². The summed E-state index contributed by atoms with van der Waals surface area (Å²) in [4.78, 5) is 0. The first kappa shape index (κ1) is 11.4. The first-order chi connectivity index (χ1) is 7.18. The van der Waals surface area contributed by atoms with Crippen LogP contribution in [0, 0.1) is 5.92 Å². The largest absolute Gasteiger partial charge is 0.381 e. The Bertz CT molecular complexity index is 290. The average Bonchev–Trinajstić information content (AvgIpc) is 2.71. The summed E-state index contributed by atoms with van der Waals surface area (Å²) in [6, 6.07) is 0. The average molecular weight is 233 g/mol. The van der Waals surface area contributed by atoms with E-state index >= 15 is 0 Å². The molecule has 0 bridgehead atoms. The summed E-state index contributed by atoms with van der Waals surface area (Å²) >= 11 is 0. The standard InChI is InChI=1S/C10H19NO3S/c12-15(13,8-9-3-6-14-7-9)10-1-4-11-5-2-10/h9-11H,1-8H2. The first-order valence-corrected chi connectivity index (χ1v) is 7.40. The van der Waals surface area contributed by atoms with Crippen molar-refractivity contribution in [2.24, 2.45) is 5.92 Å². The van der Waals surface area contributed by atoms with Gasteiger partial charge >= 0.3 is 0 Å². The molecule has 1 unspecified atom stereocenters. The van der Waals surface area contributed by atoms with Crippen LogP contribution in [0.5, 0.6) is 0 Å². The van der Waals surface area contributed by atoms with Gasteiger partial charge in [-0.05, 0) is 38.3 Å². The van der Waals surface area contributed by atoms with E-state index in [-0.39, 0.29) is 11.2 Å². The van der Waals surface area contributed by atoms with Gasteiger partial charge in [0.15, 0.2) is 9.84 Å². The van der Waals surface area contributed by atoms with Crippen molar-refractivity contribution in [2.75, 3.05) is 32.1 Å². The molecular formula is C10H19NO3S. The van der Waals surface area contributed by atoms with Crippen molar-refractivity contribution in [3.05, 3.63) is 0 Å². The van der Waals surface area contributed by atoms with Gasteiger partial charge in [0, 0.05) is 6.61 Å². The van der Waals surface area contributed by atoms with Gasteiger partial charge < -0.3 is 10.1 Å². The molecule has 0 aliphatic carbocycles. The lowest BCUT2D eigenvalue weighted by atomic mass is 10.1. The molecule has 0 aromatic rings. The third kappa shape index (κ3) is 2.92. The van der Waals surface area contributed by atoms with Crippen LogP contribution < -0.4 is 5.32 Å². The van der Waals surface area contributed by atoms with Crippen LogP contribution in [-0.2, 0) is 14.6 Å². The summed E-state index contributed by atoms with van der Waals surface area (Å²) in [5, 5.41) is 3.08. The fourth-order valence-electron chi connectivity index (χ4n) is 2.33. The van der Waals surface area contributed by atoms with Crippen LogP contribution in [0.4, 0.5) is 0 Å². The molecule has 88 valence electrons. The molecule has 0 saturated carbocycles. The van der Waals surface area contributed by atoms with Crippen LogP contribution in [0.2, 0.25) is 0 Å². The number of hydrogen-bond donors (Lipinski definition) is 1. The lowest BCUT2D eigenvalue weighted by Crippen LogP contribution is -2.38. The topological polar surface area (TPSA) is 55.4 Å². The summed E-state index contributed by atoms with van der Waals surface area (Å²) in [6.45, 7) is 3.03. The van der Waals surface area contributed by atoms with E-state index in [4.69, 9.17) is 4.74 Å². The molecule has 0 amide bonds. The fraction of sp³-hybridized carbons (Fsp3) is 1.00. The number of nitrogens with one attached hydrogen (secondary N) is 1. The monoisotopic (exact) mass is 233 g/mol. The van der Waals surface area contributed by atoms with Gasteiger partial charge in [-0.25, -0.2) is 8.42 Å². The van der Waals surface area contributed by atoms with E-state index in [9.17, 15) is 8.42 Å². The van der Waals surface area contributed by atoms with Gasteiger partial charge in [0.1, 0.15) is 0 Å². The molecular weight excluding hydrogens is 214 g/mol. The summed E-state index contributed by atoms with van der Waals surface area (Å²) in [7, 11) is -2.89. The minimum absolute atomic E-state index is 0.112. The number of hydrogen-bond acceptors (Lipinski definition) is 4. The third-order valence-electron chi connectivity index (χ3n) is 3.29. The van der Waals surface area contributed by atoms with E-state index < -0.39 is 9.84 Å². The van der Waals surface area contributed by atoms with Crippen LogP contribution in [0.15, 0.2) is 0 Å². The Morgan fingerprint density at radius 2 is 1.93 bits per heavy atom. The molecule has 1 N–H and O–H groups in total. The maximum atomic E-state index is 12.1. The van der Waals surface area contributed by atoms with E-state index in [0.717, 1.165) is 39.0 Å². The van der Waals surface area contributed by atoms with Crippen molar-refractivity contribution in [2.45, 2.75) is 24.5 Å². The van der Waals surface area contributed by atoms with Crippen molar-refractivity contribution < 1.29 is 13.2 Å². The third-order valence-corrected chi connectivity index (χ3v) is 5.71. The van der Waals surface area contributed by atoms with Crippen molar-refractivity contribution in [1.29, 1.82) is 0 Å². The Balaban J connectivity index is 1.92. The zero-order chi connectivity index (χ0) is 10.7. The van der Waals surface area contributed by atoms with Gasteiger partial charge in [0.25, 0.3) is 0 Å². The van der Waals surface area contributed by atoms with Gasteiger partial charge in [-0.1, -0.05) is 0 Å². The number of piperidine rings is 1. The Morgan fingerprint density at radius 1 is 1.20 bits per heavy atom. The lowest BCUT2D eigenvalue weighted by molar-refractivity contribution is 0.188. The second kappa shape index (κ2) is 4.80. The van der Waals surface area contributed by atoms with E-state index in [1.165, 1.54) is 0 Å². The summed E-state index contributed by atoms with van der Waals surface area (Å²) < 4.78 is 29.3. The Kier molecular flexibility index (Phi) is 3.64. The molecule has 2 fully saturated rings. The second-order valence-corrected chi connectivity index (χ2v) is 6.83. The predicted molar refractivity (Wildman–Crippen MR) is 58.6 cm³/mol. The van der Waals surface area contributed by atoms with E-state index in [2.05, 4.69) is 5.32 Å². The quantitative estimate of drug-likeness (QED) is 0.756. The highest BCUT2D eigenvalue weighted by Gasteiger charge is 2.31. The highest BCUT2D eigenvalue weighted by atomic mass is 32.2. The van der Waals surface area contributed by atoms with Crippen molar-refractivity contribution >= 4 is 9.84 Å². The molecule has 2 aliphatic heterocycles. The smallest absolute Gasteiger partial charge is 0.153 e. The minimum Gasteiger partial charge on any atom is -0.381 e.